The molecule has 1 heteroatoms. The van der Waals surface area contributed by atoms with E-state index in [-0.39, 0.29) is 0 Å². The Morgan fingerprint density at radius 2 is 1.42 bits per heavy atom. The molecule has 0 radical (unpaired) electrons. The molecule has 0 spiro atoms. The van der Waals surface area contributed by atoms with E-state index in [4.69, 9.17) is 0 Å². The molecule has 1 atom stereocenters. The Labute approximate surface area is 116 Å². The molecule has 0 aliphatic rings. The Kier molecular flexibility index (Phi) is 5.17. The van der Waals surface area contributed by atoms with Crippen molar-refractivity contribution >= 4 is 0 Å². The predicted molar refractivity (Wildman–Crippen MR) is 82.5 cm³/mol. The minimum atomic E-state index is 0.608. The Balaban J connectivity index is 2.02. The van der Waals surface area contributed by atoms with Crippen LogP contribution in [-0.4, -0.2) is 25.5 Å². The number of benzene rings is 2. The zero-order valence-corrected chi connectivity index (χ0v) is 11.9. The SMILES string of the molecule is CN(C)C[C@@H](CCc1ccccc1)c1ccccc1. The van der Waals surface area contributed by atoms with E-state index in [9.17, 15) is 0 Å². The van der Waals surface area contributed by atoms with Gasteiger partial charge in [0.25, 0.3) is 0 Å². The van der Waals surface area contributed by atoms with Crippen LogP contribution < -0.4 is 0 Å². The Morgan fingerprint density at radius 3 is 2.00 bits per heavy atom. The third-order valence-corrected chi connectivity index (χ3v) is 3.48. The summed E-state index contributed by atoms with van der Waals surface area (Å²) in [6.45, 7) is 1.11. The van der Waals surface area contributed by atoms with Gasteiger partial charge in [-0.3, -0.25) is 0 Å². The fourth-order valence-corrected chi connectivity index (χ4v) is 2.51. The van der Waals surface area contributed by atoms with Gasteiger partial charge in [0, 0.05) is 6.54 Å². The van der Waals surface area contributed by atoms with Crippen LogP contribution in [0.25, 0.3) is 0 Å². The highest BCUT2D eigenvalue weighted by molar-refractivity contribution is 5.21. The molecule has 2 rings (SSSR count). The van der Waals surface area contributed by atoms with E-state index in [2.05, 4.69) is 79.7 Å². The fourth-order valence-electron chi connectivity index (χ4n) is 2.51. The third-order valence-electron chi connectivity index (χ3n) is 3.48. The average molecular weight is 253 g/mol. The van der Waals surface area contributed by atoms with Crippen molar-refractivity contribution in [3.63, 3.8) is 0 Å². The molecule has 2 aromatic carbocycles. The number of aryl methyl sites for hydroxylation is 1. The summed E-state index contributed by atoms with van der Waals surface area (Å²) >= 11 is 0. The molecule has 0 aromatic heterocycles. The van der Waals surface area contributed by atoms with Crippen LogP contribution in [0, 0.1) is 0 Å². The summed E-state index contributed by atoms with van der Waals surface area (Å²) < 4.78 is 0. The second kappa shape index (κ2) is 7.10. The van der Waals surface area contributed by atoms with Gasteiger partial charge in [0.15, 0.2) is 0 Å². The lowest BCUT2D eigenvalue weighted by atomic mass is 9.92. The van der Waals surface area contributed by atoms with Gasteiger partial charge in [-0.2, -0.15) is 0 Å². The first-order valence-corrected chi connectivity index (χ1v) is 6.99. The fraction of sp³-hybridized carbons (Fsp3) is 0.333. The smallest absolute Gasteiger partial charge is 0.00443 e. The van der Waals surface area contributed by atoms with Crippen LogP contribution in [0.15, 0.2) is 60.7 Å². The molecule has 0 amide bonds. The van der Waals surface area contributed by atoms with Crippen molar-refractivity contribution in [3.05, 3.63) is 71.8 Å². The lowest BCUT2D eigenvalue weighted by Crippen LogP contribution is -2.20. The predicted octanol–water partition coefficient (Wildman–Crippen LogP) is 3.96. The molecule has 0 saturated heterocycles. The first kappa shape index (κ1) is 13.8. The van der Waals surface area contributed by atoms with Gasteiger partial charge in [0.05, 0.1) is 0 Å². The molecular formula is C18H23N. The van der Waals surface area contributed by atoms with Crippen LogP contribution in [0.4, 0.5) is 0 Å². The van der Waals surface area contributed by atoms with Crippen molar-refractivity contribution in [2.75, 3.05) is 20.6 Å². The quantitative estimate of drug-likeness (QED) is 0.753. The monoisotopic (exact) mass is 253 g/mol. The van der Waals surface area contributed by atoms with Crippen LogP contribution >= 0.6 is 0 Å². The number of hydrogen-bond donors (Lipinski definition) is 0. The highest BCUT2D eigenvalue weighted by atomic mass is 15.1. The molecule has 0 N–H and O–H groups in total. The average Bonchev–Trinajstić information content (AvgIpc) is 2.45. The zero-order valence-electron chi connectivity index (χ0n) is 11.9. The standard InChI is InChI=1S/C18H23N/c1-19(2)15-18(17-11-7-4-8-12-17)14-13-16-9-5-3-6-10-16/h3-12,18H,13-15H2,1-2H3/t18-/m1/s1. The van der Waals surface area contributed by atoms with Gasteiger partial charge in [-0.1, -0.05) is 60.7 Å². The topological polar surface area (TPSA) is 3.24 Å². The van der Waals surface area contributed by atoms with Gasteiger partial charge in [0.2, 0.25) is 0 Å². The Bertz CT molecular complexity index is 462. The second-order valence-electron chi connectivity index (χ2n) is 5.39. The van der Waals surface area contributed by atoms with E-state index in [1.807, 2.05) is 0 Å². The summed E-state index contributed by atoms with van der Waals surface area (Å²) in [5, 5.41) is 0. The number of nitrogens with zero attached hydrogens (tertiary/aromatic N) is 1. The lowest BCUT2D eigenvalue weighted by molar-refractivity contribution is 0.363. The highest BCUT2D eigenvalue weighted by Gasteiger charge is 2.12. The minimum Gasteiger partial charge on any atom is -0.309 e. The van der Waals surface area contributed by atoms with Gasteiger partial charge in [-0.15, -0.1) is 0 Å². The molecule has 0 heterocycles. The van der Waals surface area contributed by atoms with Crippen molar-refractivity contribution in [1.29, 1.82) is 0 Å². The summed E-state index contributed by atoms with van der Waals surface area (Å²) in [7, 11) is 4.30. The summed E-state index contributed by atoms with van der Waals surface area (Å²) in [4.78, 5) is 2.28. The molecular weight excluding hydrogens is 230 g/mol. The Morgan fingerprint density at radius 1 is 0.842 bits per heavy atom. The number of likely N-dealkylation sites (N-methyl/N-ethyl adjacent to an activating group) is 1. The molecule has 2 aromatic rings. The first-order valence-electron chi connectivity index (χ1n) is 6.99. The Hall–Kier alpha value is -1.60. The second-order valence-corrected chi connectivity index (χ2v) is 5.39. The van der Waals surface area contributed by atoms with E-state index in [0.717, 1.165) is 13.0 Å². The zero-order chi connectivity index (χ0) is 13.5. The molecule has 1 nitrogen and oxygen atoms in total. The maximum Gasteiger partial charge on any atom is 0.00443 e. The third kappa shape index (κ3) is 4.53. The van der Waals surface area contributed by atoms with Gasteiger partial charge in [-0.25, -0.2) is 0 Å². The summed E-state index contributed by atoms with van der Waals surface area (Å²) in [5.41, 5.74) is 2.88. The van der Waals surface area contributed by atoms with Gasteiger partial charge in [0.1, 0.15) is 0 Å². The van der Waals surface area contributed by atoms with E-state index in [1.165, 1.54) is 17.5 Å². The molecule has 0 aliphatic heterocycles. The first-order chi connectivity index (χ1) is 9.25. The van der Waals surface area contributed by atoms with Gasteiger partial charge < -0.3 is 4.90 Å². The lowest BCUT2D eigenvalue weighted by Gasteiger charge is -2.21. The summed E-state index contributed by atoms with van der Waals surface area (Å²) in [6.07, 6.45) is 2.35. The minimum absolute atomic E-state index is 0.608. The van der Waals surface area contributed by atoms with Crippen LogP contribution in [0.3, 0.4) is 0 Å². The van der Waals surface area contributed by atoms with Crippen molar-refractivity contribution in [2.24, 2.45) is 0 Å². The molecule has 19 heavy (non-hydrogen) atoms. The van der Waals surface area contributed by atoms with Crippen molar-refractivity contribution in [1.82, 2.24) is 4.90 Å². The molecule has 0 unspecified atom stereocenters. The van der Waals surface area contributed by atoms with E-state index < -0.39 is 0 Å². The van der Waals surface area contributed by atoms with Crippen molar-refractivity contribution < 1.29 is 0 Å². The summed E-state index contributed by atoms with van der Waals surface area (Å²) in [6, 6.07) is 21.6. The largest absolute Gasteiger partial charge is 0.309 e. The molecule has 0 saturated carbocycles. The molecule has 0 aliphatic carbocycles. The van der Waals surface area contributed by atoms with E-state index in [0.29, 0.717) is 5.92 Å². The van der Waals surface area contributed by atoms with Crippen molar-refractivity contribution in [2.45, 2.75) is 18.8 Å². The van der Waals surface area contributed by atoms with Gasteiger partial charge in [-0.05, 0) is 44.0 Å². The molecule has 100 valence electrons. The van der Waals surface area contributed by atoms with E-state index in [1.54, 1.807) is 0 Å². The molecule has 0 fully saturated rings. The number of rotatable bonds is 6. The highest BCUT2D eigenvalue weighted by Crippen LogP contribution is 2.22. The van der Waals surface area contributed by atoms with Crippen LogP contribution in [0.2, 0.25) is 0 Å². The number of hydrogen-bond acceptors (Lipinski definition) is 1. The van der Waals surface area contributed by atoms with Gasteiger partial charge >= 0.3 is 0 Å². The van der Waals surface area contributed by atoms with Crippen molar-refractivity contribution in [3.8, 4) is 0 Å². The normalized spacial score (nSPS) is 12.6. The van der Waals surface area contributed by atoms with Crippen LogP contribution in [-0.2, 0) is 6.42 Å². The van der Waals surface area contributed by atoms with Crippen LogP contribution in [0.5, 0.6) is 0 Å². The maximum absolute atomic E-state index is 2.28. The maximum atomic E-state index is 2.28. The van der Waals surface area contributed by atoms with Crippen LogP contribution in [0.1, 0.15) is 23.5 Å². The molecule has 0 bridgehead atoms. The summed E-state index contributed by atoms with van der Waals surface area (Å²) in [5.74, 6) is 0.608. The van der Waals surface area contributed by atoms with E-state index >= 15 is 0 Å².